The van der Waals surface area contributed by atoms with Gasteiger partial charge in [-0.3, -0.25) is 14.6 Å². The van der Waals surface area contributed by atoms with Gasteiger partial charge in [-0.1, -0.05) is 32.0 Å². The van der Waals surface area contributed by atoms with E-state index in [1.165, 1.54) is 12.4 Å². The summed E-state index contributed by atoms with van der Waals surface area (Å²) < 4.78 is 0. The van der Waals surface area contributed by atoms with Gasteiger partial charge in [0.1, 0.15) is 0 Å². The van der Waals surface area contributed by atoms with Gasteiger partial charge in [-0.15, -0.1) is 0 Å². The van der Waals surface area contributed by atoms with Crippen LogP contribution in [0.3, 0.4) is 0 Å². The number of fused-ring (bicyclic) bond motifs is 1. The molecule has 0 aliphatic rings. The number of rotatable bonds is 7. The van der Waals surface area contributed by atoms with Crippen molar-refractivity contribution >= 4 is 22.7 Å². The van der Waals surface area contributed by atoms with Crippen molar-refractivity contribution in [2.75, 3.05) is 13.1 Å². The first-order valence-electron chi connectivity index (χ1n) is 9.11. The number of H-pyrrole nitrogens is 1. The fourth-order valence-electron chi connectivity index (χ4n) is 2.84. The molecule has 2 heterocycles. The summed E-state index contributed by atoms with van der Waals surface area (Å²) in [6, 6.07) is 9.65. The molecule has 0 fully saturated rings. The molecule has 0 unspecified atom stereocenters. The van der Waals surface area contributed by atoms with Crippen LogP contribution in [0.15, 0.2) is 48.9 Å². The third-order valence-electron chi connectivity index (χ3n) is 4.29. The Morgan fingerprint density at radius 2 is 1.78 bits per heavy atom. The van der Waals surface area contributed by atoms with E-state index in [9.17, 15) is 9.59 Å². The summed E-state index contributed by atoms with van der Waals surface area (Å²) in [6.45, 7) is 5.14. The number of carbonyl (C=O) groups is 2. The number of nitrogens with one attached hydrogen (secondary N) is 3. The van der Waals surface area contributed by atoms with Gasteiger partial charge in [-0.25, -0.2) is 0 Å². The Kier molecular flexibility index (Phi) is 5.86. The molecule has 0 atom stereocenters. The lowest BCUT2D eigenvalue weighted by Gasteiger charge is -2.09. The van der Waals surface area contributed by atoms with E-state index in [4.69, 9.17) is 0 Å². The predicted octanol–water partition coefficient (Wildman–Crippen LogP) is 2.92. The molecule has 6 heteroatoms. The molecule has 0 saturated heterocycles. The first-order valence-corrected chi connectivity index (χ1v) is 9.11. The van der Waals surface area contributed by atoms with Gasteiger partial charge < -0.3 is 15.6 Å². The second-order valence-electron chi connectivity index (χ2n) is 6.93. The van der Waals surface area contributed by atoms with Crippen LogP contribution in [-0.4, -0.2) is 34.9 Å². The molecule has 27 heavy (non-hydrogen) atoms. The molecule has 2 aromatic heterocycles. The maximum Gasteiger partial charge on any atom is 0.252 e. The first-order chi connectivity index (χ1) is 13.0. The minimum atomic E-state index is -0.235. The van der Waals surface area contributed by atoms with Crippen LogP contribution in [0.4, 0.5) is 0 Å². The third kappa shape index (κ3) is 4.73. The zero-order chi connectivity index (χ0) is 19.2. The molecule has 2 amide bonds. The number of amides is 2. The lowest BCUT2D eigenvalue weighted by Crippen LogP contribution is -2.29. The molecule has 0 spiro atoms. The Labute approximate surface area is 158 Å². The van der Waals surface area contributed by atoms with E-state index in [0.717, 1.165) is 22.9 Å². The quantitative estimate of drug-likeness (QED) is 0.602. The van der Waals surface area contributed by atoms with Gasteiger partial charge in [0.2, 0.25) is 0 Å². The Morgan fingerprint density at radius 3 is 2.52 bits per heavy atom. The van der Waals surface area contributed by atoms with E-state index in [1.807, 2.05) is 38.2 Å². The molecule has 0 radical (unpaired) electrons. The molecule has 0 aliphatic carbocycles. The number of pyridine rings is 1. The monoisotopic (exact) mass is 364 g/mol. The number of hydrogen-bond donors (Lipinski definition) is 3. The van der Waals surface area contributed by atoms with Crippen LogP contribution in [-0.2, 0) is 6.42 Å². The van der Waals surface area contributed by atoms with Crippen molar-refractivity contribution in [1.82, 2.24) is 20.6 Å². The highest BCUT2D eigenvalue weighted by molar-refractivity contribution is 5.99. The summed E-state index contributed by atoms with van der Waals surface area (Å²) in [5.74, 6) is -0.0941. The predicted molar refractivity (Wildman–Crippen MR) is 106 cm³/mol. The largest absolute Gasteiger partial charge is 0.361 e. The summed E-state index contributed by atoms with van der Waals surface area (Å²) in [6.07, 6.45) is 5.63. The molecule has 3 rings (SSSR count). The summed E-state index contributed by atoms with van der Waals surface area (Å²) in [5, 5.41) is 6.89. The van der Waals surface area contributed by atoms with Crippen LogP contribution >= 0.6 is 0 Å². The zero-order valence-electron chi connectivity index (χ0n) is 15.6. The van der Waals surface area contributed by atoms with Crippen LogP contribution in [0.25, 0.3) is 10.9 Å². The molecule has 3 aromatic rings. The maximum atomic E-state index is 12.4. The molecular formula is C21H24N4O2. The second-order valence-corrected chi connectivity index (χ2v) is 6.93. The van der Waals surface area contributed by atoms with E-state index in [1.54, 1.807) is 6.07 Å². The van der Waals surface area contributed by atoms with Crippen LogP contribution in [0.2, 0.25) is 0 Å². The van der Waals surface area contributed by atoms with Crippen LogP contribution in [0.5, 0.6) is 0 Å². The van der Waals surface area contributed by atoms with Gasteiger partial charge in [-0.2, -0.15) is 0 Å². The van der Waals surface area contributed by atoms with Gasteiger partial charge in [-0.05, 0) is 30.0 Å². The lowest BCUT2D eigenvalue weighted by molar-refractivity contribution is 0.0948. The normalized spacial score (nSPS) is 10.9. The topological polar surface area (TPSA) is 86.9 Å². The van der Waals surface area contributed by atoms with E-state index in [-0.39, 0.29) is 11.8 Å². The summed E-state index contributed by atoms with van der Waals surface area (Å²) in [4.78, 5) is 31.8. The van der Waals surface area contributed by atoms with Crippen molar-refractivity contribution in [3.8, 4) is 0 Å². The Morgan fingerprint density at radius 1 is 1.07 bits per heavy atom. The molecule has 140 valence electrons. The second kappa shape index (κ2) is 8.49. The van der Waals surface area contributed by atoms with Gasteiger partial charge in [0.15, 0.2) is 0 Å². The average Bonchev–Trinajstić information content (AvgIpc) is 3.09. The molecule has 6 nitrogen and oxygen atoms in total. The maximum absolute atomic E-state index is 12.4. The van der Waals surface area contributed by atoms with Crippen molar-refractivity contribution in [2.45, 2.75) is 20.3 Å². The van der Waals surface area contributed by atoms with Crippen molar-refractivity contribution < 1.29 is 9.59 Å². The number of aromatic amines is 1. The first kappa shape index (κ1) is 18.6. The average molecular weight is 364 g/mol. The molecule has 1 aromatic carbocycles. The summed E-state index contributed by atoms with van der Waals surface area (Å²) >= 11 is 0. The number of nitrogens with zero attached hydrogens (tertiary/aromatic N) is 1. The molecule has 0 saturated carbocycles. The van der Waals surface area contributed by atoms with E-state index in [2.05, 4.69) is 26.7 Å². The van der Waals surface area contributed by atoms with Crippen LogP contribution in [0.1, 0.15) is 40.1 Å². The fraction of sp³-hybridized carbons (Fsp3) is 0.286. The zero-order valence-corrected chi connectivity index (χ0v) is 15.6. The fourth-order valence-corrected chi connectivity index (χ4v) is 2.84. The number of carbonyl (C=O) groups excluding carboxylic acids is 2. The standard InChI is InChI=1S/C21H24N4O2/c1-14(2)10-25-21(27)17-9-16(11-22-12-17)20(26)23-8-7-15-13-24-19-6-4-3-5-18(15)19/h3-6,9,11-14,24H,7-8,10H2,1-2H3,(H,23,26)(H,25,27). The van der Waals surface area contributed by atoms with Crippen molar-refractivity contribution in [2.24, 2.45) is 5.92 Å². The molecular weight excluding hydrogens is 340 g/mol. The van der Waals surface area contributed by atoms with Crippen LogP contribution < -0.4 is 10.6 Å². The minimum absolute atomic E-state index is 0.218. The van der Waals surface area contributed by atoms with Gasteiger partial charge in [0.05, 0.1) is 11.1 Å². The van der Waals surface area contributed by atoms with Crippen molar-refractivity contribution in [1.29, 1.82) is 0 Å². The highest BCUT2D eigenvalue weighted by Crippen LogP contribution is 2.17. The van der Waals surface area contributed by atoms with Gasteiger partial charge in [0, 0.05) is 42.6 Å². The molecule has 0 bridgehead atoms. The summed E-state index contributed by atoms with van der Waals surface area (Å²) in [7, 11) is 0. The highest BCUT2D eigenvalue weighted by atomic mass is 16.2. The number of aromatic nitrogens is 2. The third-order valence-corrected chi connectivity index (χ3v) is 4.29. The lowest BCUT2D eigenvalue weighted by atomic mass is 10.1. The SMILES string of the molecule is CC(C)CNC(=O)c1cncc(C(=O)NCCc2c[nH]c3ccccc23)c1. The smallest absolute Gasteiger partial charge is 0.252 e. The van der Waals surface area contributed by atoms with Crippen molar-refractivity contribution in [3.05, 3.63) is 65.6 Å². The number of para-hydroxylation sites is 1. The Bertz CT molecular complexity index is 946. The van der Waals surface area contributed by atoms with Crippen LogP contribution in [0, 0.1) is 5.92 Å². The van der Waals surface area contributed by atoms with Crippen molar-refractivity contribution in [3.63, 3.8) is 0 Å². The van der Waals surface area contributed by atoms with Gasteiger partial charge >= 0.3 is 0 Å². The number of hydrogen-bond acceptors (Lipinski definition) is 3. The van der Waals surface area contributed by atoms with Gasteiger partial charge in [0.25, 0.3) is 11.8 Å². The number of benzene rings is 1. The minimum Gasteiger partial charge on any atom is -0.361 e. The van der Waals surface area contributed by atoms with E-state index in [0.29, 0.717) is 30.1 Å². The molecule has 3 N–H and O–H groups in total. The van der Waals surface area contributed by atoms with E-state index < -0.39 is 0 Å². The van der Waals surface area contributed by atoms with E-state index >= 15 is 0 Å². The highest BCUT2D eigenvalue weighted by Gasteiger charge is 2.12. The summed E-state index contributed by atoms with van der Waals surface area (Å²) in [5.41, 5.74) is 3.01. The Hall–Kier alpha value is -3.15. The Balaban J connectivity index is 1.58. The molecule has 0 aliphatic heterocycles.